The van der Waals surface area contributed by atoms with Gasteiger partial charge >= 0.3 is 0 Å². The summed E-state index contributed by atoms with van der Waals surface area (Å²) < 4.78 is 6.00. The summed E-state index contributed by atoms with van der Waals surface area (Å²) in [6, 6.07) is -0.403. The van der Waals surface area contributed by atoms with Gasteiger partial charge in [0.15, 0.2) is 5.78 Å². The van der Waals surface area contributed by atoms with Crippen LogP contribution in [0.2, 0.25) is 0 Å². The van der Waals surface area contributed by atoms with E-state index in [-0.39, 0.29) is 28.8 Å². The van der Waals surface area contributed by atoms with Gasteiger partial charge in [0, 0.05) is 13.1 Å². The number of nitrogens with zero attached hydrogens (tertiary/aromatic N) is 1. The zero-order valence-electron chi connectivity index (χ0n) is 14.4. The maximum atomic E-state index is 12.2. The van der Waals surface area contributed by atoms with Crippen molar-refractivity contribution in [2.24, 2.45) is 5.92 Å². The molecular formula is C16H30N2O3. The molecule has 1 unspecified atom stereocenters. The highest BCUT2D eigenvalue weighted by atomic mass is 16.5. The minimum absolute atomic E-state index is 0.000914. The Bertz CT molecular complexity index is 386. The van der Waals surface area contributed by atoms with Crippen molar-refractivity contribution in [3.05, 3.63) is 0 Å². The number of morpholine rings is 1. The fraction of sp³-hybridized carbons (Fsp3) is 0.875. The standard InChI is InChI=1S/C16H30N2O3/c1-11(2)14(12(3)19)17-13(20)8-18-9-15(4,5)21-16(6,7)10-18/h11,14H,8-10H2,1-7H3,(H,17,20). The van der Waals surface area contributed by atoms with Crippen LogP contribution in [0.4, 0.5) is 0 Å². The van der Waals surface area contributed by atoms with Crippen LogP contribution < -0.4 is 5.32 Å². The first-order valence-corrected chi connectivity index (χ1v) is 7.64. The van der Waals surface area contributed by atoms with Crippen molar-refractivity contribution in [2.75, 3.05) is 19.6 Å². The molecule has 0 aromatic rings. The van der Waals surface area contributed by atoms with Gasteiger partial charge < -0.3 is 10.1 Å². The Morgan fingerprint density at radius 1 is 1.14 bits per heavy atom. The van der Waals surface area contributed by atoms with Gasteiger partial charge in [0.1, 0.15) is 0 Å². The first-order chi connectivity index (χ1) is 9.42. The molecule has 0 radical (unpaired) electrons. The second kappa shape index (κ2) is 6.44. The summed E-state index contributed by atoms with van der Waals surface area (Å²) in [7, 11) is 0. The first kappa shape index (κ1) is 18.1. The molecule has 1 N–H and O–H groups in total. The fourth-order valence-corrected chi connectivity index (χ4v) is 3.22. The van der Waals surface area contributed by atoms with Crippen molar-refractivity contribution in [2.45, 2.75) is 65.7 Å². The van der Waals surface area contributed by atoms with E-state index in [0.29, 0.717) is 19.6 Å². The molecule has 1 fully saturated rings. The maximum Gasteiger partial charge on any atom is 0.234 e. The van der Waals surface area contributed by atoms with Crippen LogP contribution in [0, 0.1) is 5.92 Å². The van der Waals surface area contributed by atoms with E-state index in [2.05, 4.69) is 10.2 Å². The van der Waals surface area contributed by atoms with Crippen LogP contribution in [0.5, 0.6) is 0 Å². The van der Waals surface area contributed by atoms with Crippen molar-refractivity contribution in [3.63, 3.8) is 0 Å². The van der Waals surface area contributed by atoms with E-state index >= 15 is 0 Å². The molecule has 0 spiro atoms. The van der Waals surface area contributed by atoms with Crippen LogP contribution in [0.1, 0.15) is 48.5 Å². The number of hydrogen-bond acceptors (Lipinski definition) is 4. The second-order valence-electron chi connectivity index (χ2n) is 7.67. The molecule has 5 heteroatoms. The largest absolute Gasteiger partial charge is 0.367 e. The Hall–Kier alpha value is -0.940. The topological polar surface area (TPSA) is 58.6 Å². The summed E-state index contributed by atoms with van der Waals surface area (Å²) in [6.45, 7) is 15.2. The van der Waals surface area contributed by atoms with E-state index in [1.807, 2.05) is 41.5 Å². The molecular weight excluding hydrogens is 268 g/mol. The highest BCUT2D eigenvalue weighted by molar-refractivity contribution is 5.88. The molecule has 1 heterocycles. The van der Waals surface area contributed by atoms with Crippen LogP contribution >= 0.6 is 0 Å². The monoisotopic (exact) mass is 298 g/mol. The third kappa shape index (κ3) is 5.75. The minimum Gasteiger partial charge on any atom is -0.367 e. The number of rotatable bonds is 5. The van der Waals surface area contributed by atoms with E-state index < -0.39 is 6.04 Å². The Kier molecular flexibility index (Phi) is 5.56. The van der Waals surface area contributed by atoms with Gasteiger partial charge in [0.25, 0.3) is 0 Å². The van der Waals surface area contributed by atoms with Crippen molar-refractivity contribution < 1.29 is 14.3 Å². The third-order valence-corrected chi connectivity index (χ3v) is 3.55. The number of ether oxygens (including phenoxy) is 1. The molecule has 0 saturated carbocycles. The fourth-order valence-electron chi connectivity index (χ4n) is 3.22. The molecule has 0 aliphatic carbocycles. The molecule has 1 atom stereocenters. The molecule has 21 heavy (non-hydrogen) atoms. The number of carbonyl (C=O) groups excluding carboxylic acids is 2. The minimum atomic E-state index is -0.403. The number of ketones is 1. The van der Waals surface area contributed by atoms with Gasteiger partial charge in [0.05, 0.1) is 23.8 Å². The van der Waals surface area contributed by atoms with Crippen molar-refractivity contribution in [1.29, 1.82) is 0 Å². The van der Waals surface area contributed by atoms with Gasteiger partial charge in [-0.15, -0.1) is 0 Å². The van der Waals surface area contributed by atoms with Gasteiger partial charge in [-0.05, 0) is 40.5 Å². The normalized spacial score (nSPS) is 22.9. The van der Waals surface area contributed by atoms with Gasteiger partial charge in [0.2, 0.25) is 5.91 Å². The molecule has 0 bridgehead atoms. The number of hydrogen-bond donors (Lipinski definition) is 1. The average molecular weight is 298 g/mol. The number of amides is 1. The maximum absolute atomic E-state index is 12.2. The molecule has 1 saturated heterocycles. The van der Waals surface area contributed by atoms with Gasteiger partial charge in [-0.2, -0.15) is 0 Å². The second-order valence-corrected chi connectivity index (χ2v) is 7.67. The SMILES string of the molecule is CC(=O)C(NC(=O)CN1CC(C)(C)OC(C)(C)C1)C(C)C. The van der Waals surface area contributed by atoms with Gasteiger partial charge in [-0.25, -0.2) is 0 Å². The summed E-state index contributed by atoms with van der Waals surface area (Å²) in [5.41, 5.74) is -0.555. The lowest BCUT2D eigenvalue weighted by molar-refractivity contribution is -0.181. The zero-order valence-corrected chi connectivity index (χ0v) is 14.4. The Morgan fingerprint density at radius 2 is 1.62 bits per heavy atom. The van der Waals surface area contributed by atoms with Gasteiger partial charge in [-0.3, -0.25) is 14.5 Å². The Morgan fingerprint density at radius 3 is 2.00 bits per heavy atom. The lowest BCUT2D eigenvalue weighted by Crippen LogP contribution is -2.59. The van der Waals surface area contributed by atoms with Crippen LogP contribution in [-0.4, -0.2) is 53.5 Å². The quantitative estimate of drug-likeness (QED) is 0.837. The smallest absolute Gasteiger partial charge is 0.234 e. The van der Waals surface area contributed by atoms with E-state index in [1.54, 1.807) is 0 Å². The van der Waals surface area contributed by atoms with Crippen molar-refractivity contribution >= 4 is 11.7 Å². The van der Waals surface area contributed by atoms with E-state index in [0.717, 1.165) is 0 Å². The van der Waals surface area contributed by atoms with Crippen LogP contribution in [0.3, 0.4) is 0 Å². The lowest BCUT2D eigenvalue weighted by atomic mass is 9.98. The van der Waals surface area contributed by atoms with Crippen LogP contribution in [0.15, 0.2) is 0 Å². The number of nitrogens with one attached hydrogen (secondary N) is 1. The van der Waals surface area contributed by atoms with Crippen molar-refractivity contribution in [3.8, 4) is 0 Å². The predicted octanol–water partition coefficient (Wildman–Crippen LogP) is 1.61. The summed E-state index contributed by atoms with van der Waals surface area (Å²) in [5.74, 6) is 0.00223. The molecule has 1 aliphatic heterocycles. The summed E-state index contributed by atoms with van der Waals surface area (Å²) >= 11 is 0. The molecule has 122 valence electrons. The molecule has 5 nitrogen and oxygen atoms in total. The molecule has 0 aromatic carbocycles. The predicted molar refractivity (Wildman–Crippen MR) is 83.1 cm³/mol. The molecule has 1 aliphatic rings. The van der Waals surface area contributed by atoms with E-state index in [9.17, 15) is 9.59 Å². The highest BCUT2D eigenvalue weighted by Crippen LogP contribution is 2.27. The summed E-state index contributed by atoms with van der Waals surface area (Å²) in [5, 5.41) is 2.85. The van der Waals surface area contributed by atoms with Crippen LogP contribution in [-0.2, 0) is 14.3 Å². The Labute approximate surface area is 128 Å². The average Bonchev–Trinajstić information content (AvgIpc) is 2.19. The zero-order chi connectivity index (χ0) is 16.4. The Balaban J connectivity index is 2.64. The van der Waals surface area contributed by atoms with E-state index in [4.69, 9.17) is 4.74 Å². The summed E-state index contributed by atoms with van der Waals surface area (Å²) in [6.07, 6.45) is 0. The van der Waals surface area contributed by atoms with Crippen LogP contribution in [0.25, 0.3) is 0 Å². The first-order valence-electron chi connectivity index (χ1n) is 7.64. The van der Waals surface area contributed by atoms with E-state index in [1.165, 1.54) is 6.92 Å². The van der Waals surface area contributed by atoms with Crippen molar-refractivity contribution in [1.82, 2.24) is 10.2 Å². The van der Waals surface area contributed by atoms with Gasteiger partial charge in [-0.1, -0.05) is 13.8 Å². The number of Topliss-reactive ketones (excluding diaryl/α,β-unsaturated/α-hetero) is 1. The highest BCUT2D eigenvalue weighted by Gasteiger charge is 2.38. The molecule has 0 aromatic heterocycles. The lowest BCUT2D eigenvalue weighted by Gasteiger charge is -2.47. The number of carbonyl (C=O) groups is 2. The third-order valence-electron chi connectivity index (χ3n) is 3.55. The molecule has 1 rings (SSSR count). The summed E-state index contributed by atoms with van der Waals surface area (Å²) in [4.78, 5) is 25.9. The molecule has 1 amide bonds.